The van der Waals surface area contributed by atoms with Crippen LogP contribution in [0.25, 0.3) is 0 Å². The monoisotopic (exact) mass is 250 g/mol. The SMILES string of the molecule is CC(C)C(Sc1n[nH]c(=S)s1)C(=O)O. The number of nitrogens with zero attached hydrogens (tertiary/aromatic N) is 1. The molecule has 0 saturated carbocycles. The minimum absolute atomic E-state index is 0.0648. The number of hydrogen-bond acceptors (Lipinski definition) is 5. The Kier molecular flexibility index (Phi) is 4.09. The maximum Gasteiger partial charge on any atom is 0.317 e. The molecule has 1 rings (SSSR count). The number of thioether (sulfide) groups is 1. The van der Waals surface area contributed by atoms with Crippen LogP contribution in [-0.4, -0.2) is 26.5 Å². The van der Waals surface area contributed by atoms with Gasteiger partial charge in [0.2, 0.25) is 0 Å². The van der Waals surface area contributed by atoms with E-state index in [0.29, 0.717) is 8.29 Å². The third-order valence-corrected chi connectivity index (χ3v) is 4.21. The quantitative estimate of drug-likeness (QED) is 0.634. The summed E-state index contributed by atoms with van der Waals surface area (Å²) in [5, 5.41) is 15.0. The first-order valence-corrected chi connectivity index (χ1v) is 6.06. The third-order valence-electron chi connectivity index (χ3n) is 1.50. The first-order chi connectivity index (χ1) is 6.50. The van der Waals surface area contributed by atoms with Crippen molar-refractivity contribution in [1.29, 1.82) is 0 Å². The van der Waals surface area contributed by atoms with Crippen LogP contribution < -0.4 is 0 Å². The summed E-state index contributed by atoms with van der Waals surface area (Å²) in [6.45, 7) is 3.75. The van der Waals surface area contributed by atoms with Crippen LogP contribution >= 0.6 is 35.3 Å². The smallest absolute Gasteiger partial charge is 0.317 e. The lowest BCUT2D eigenvalue weighted by Gasteiger charge is -2.12. The average Bonchev–Trinajstić information content (AvgIpc) is 2.46. The van der Waals surface area contributed by atoms with Gasteiger partial charge in [0, 0.05) is 0 Å². The van der Waals surface area contributed by atoms with E-state index in [1.54, 1.807) is 0 Å². The molecule has 0 aliphatic carbocycles. The third kappa shape index (κ3) is 3.07. The predicted molar refractivity (Wildman–Crippen MR) is 59.4 cm³/mol. The van der Waals surface area contributed by atoms with E-state index in [0.717, 1.165) is 0 Å². The molecule has 0 radical (unpaired) electrons. The van der Waals surface area contributed by atoms with Gasteiger partial charge in [0.1, 0.15) is 5.25 Å². The van der Waals surface area contributed by atoms with Gasteiger partial charge in [-0.05, 0) is 18.1 Å². The fourth-order valence-corrected chi connectivity index (χ4v) is 3.07. The second-order valence-electron chi connectivity index (χ2n) is 3.00. The number of aliphatic carboxylic acids is 1. The van der Waals surface area contributed by atoms with Gasteiger partial charge in [0.15, 0.2) is 8.29 Å². The fraction of sp³-hybridized carbons (Fsp3) is 0.571. The zero-order chi connectivity index (χ0) is 10.7. The molecule has 1 atom stereocenters. The second kappa shape index (κ2) is 4.90. The molecule has 0 saturated heterocycles. The largest absolute Gasteiger partial charge is 0.480 e. The zero-order valence-electron chi connectivity index (χ0n) is 7.68. The zero-order valence-corrected chi connectivity index (χ0v) is 10.1. The van der Waals surface area contributed by atoms with Crippen molar-refractivity contribution in [2.75, 3.05) is 0 Å². The molecule has 14 heavy (non-hydrogen) atoms. The molecule has 1 aromatic heterocycles. The highest BCUT2D eigenvalue weighted by Gasteiger charge is 2.23. The normalized spacial score (nSPS) is 13.1. The van der Waals surface area contributed by atoms with Crippen molar-refractivity contribution in [1.82, 2.24) is 10.2 Å². The van der Waals surface area contributed by atoms with E-state index in [2.05, 4.69) is 10.2 Å². The molecule has 0 aromatic carbocycles. The van der Waals surface area contributed by atoms with Crippen LogP contribution in [0.2, 0.25) is 0 Å². The van der Waals surface area contributed by atoms with Gasteiger partial charge in [-0.15, -0.1) is 0 Å². The van der Waals surface area contributed by atoms with E-state index in [4.69, 9.17) is 17.3 Å². The summed E-state index contributed by atoms with van der Waals surface area (Å²) in [6, 6.07) is 0. The number of nitrogens with one attached hydrogen (secondary N) is 1. The Morgan fingerprint density at radius 1 is 1.71 bits per heavy atom. The number of carboxylic acids is 1. The van der Waals surface area contributed by atoms with Gasteiger partial charge in [-0.2, -0.15) is 5.10 Å². The molecular weight excluding hydrogens is 240 g/mol. The van der Waals surface area contributed by atoms with Crippen LogP contribution in [0.3, 0.4) is 0 Å². The number of rotatable bonds is 4. The van der Waals surface area contributed by atoms with Crippen molar-refractivity contribution >= 4 is 41.3 Å². The molecule has 78 valence electrons. The maximum absolute atomic E-state index is 10.9. The Morgan fingerprint density at radius 3 is 2.71 bits per heavy atom. The van der Waals surface area contributed by atoms with Crippen LogP contribution in [0.1, 0.15) is 13.8 Å². The molecule has 0 fully saturated rings. The number of carboxylic acid groups (broad SMARTS) is 1. The lowest BCUT2D eigenvalue weighted by molar-refractivity contribution is -0.137. The lowest BCUT2D eigenvalue weighted by Crippen LogP contribution is -2.22. The molecule has 1 unspecified atom stereocenters. The van der Waals surface area contributed by atoms with Crippen molar-refractivity contribution < 1.29 is 9.90 Å². The van der Waals surface area contributed by atoms with E-state index in [9.17, 15) is 4.79 Å². The van der Waals surface area contributed by atoms with Gasteiger partial charge in [-0.1, -0.05) is 36.9 Å². The summed E-state index contributed by atoms with van der Waals surface area (Å²) in [5.41, 5.74) is 0. The lowest BCUT2D eigenvalue weighted by atomic mass is 10.1. The maximum atomic E-state index is 10.9. The van der Waals surface area contributed by atoms with Crippen molar-refractivity contribution in [3.63, 3.8) is 0 Å². The van der Waals surface area contributed by atoms with Gasteiger partial charge in [-0.25, -0.2) is 0 Å². The van der Waals surface area contributed by atoms with Crippen LogP contribution in [0.5, 0.6) is 0 Å². The molecule has 1 aromatic rings. The molecule has 0 bridgehead atoms. The summed E-state index contributed by atoms with van der Waals surface area (Å²) < 4.78 is 1.25. The highest BCUT2D eigenvalue weighted by molar-refractivity contribution is 8.02. The Morgan fingerprint density at radius 2 is 2.36 bits per heavy atom. The van der Waals surface area contributed by atoms with Gasteiger partial charge in [0.05, 0.1) is 0 Å². The van der Waals surface area contributed by atoms with E-state index in [1.165, 1.54) is 23.1 Å². The first-order valence-electron chi connectivity index (χ1n) is 3.95. The summed E-state index contributed by atoms with van der Waals surface area (Å²) in [7, 11) is 0. The molecule has 7 heteroatoms. The van der Waals surface area contributed by atoms with Gasteiger partial charge >= 0.3 is 5.97 Å². The number of hydrogen-bond donors (Lipinski definition) is 2. The Balaban J connectivity index is 2.74. The van der Waals surface area contributed by atoms with Crippen molar-refractivity contribution in [3.05, 3.63) is 3.95 Å². The second-order valence-corrected chi connectivity index (χ2v) is 6.05. The van der Waals surface area contributed by atoms with Gasteiger partial charge in [0.25, 0.3) is 0 Å². The topological polar surface area (TPSA) is 66.0 Å². The molecule has 0 amide bonds. The summed E-state index contributed by atoms with van der Waals surface area (Å²) in [6.07, 6.45) is 0. The highest BCUT2D eigenvalue weighted by atomic mass is 32.2. The molecule has 2 N–H and O–H groups in total. The van der Waals surface area contributed by atoms with Gasteiger partial charge < -0.3 is 5.11 Å². The number of H-pyrrole nitrogens is 1. The minimum Gasteiger partial charge on any atom is -0.480 e. The number of aromatic nitrogens is 2. The first kappa shape index (κ1) is 11.7. The number of carbonyl (C=O) groups is 1. The van der Waals surface area contributed by atoms with Crippen LogP contribution in [0.4, 0.5) is 0 Å². The van der Waals surface area contributed by atoms with Gasteiger partial charge in [-0.3, -0.25) is 9.89 Å². The molecule has 4 nitrogen and oxygen atoms in total. The van der Waals surface area contributed by atoms with E-state index in [1.807, 2.05) is 13.8 Å². The Bertz CT molecular complexity index is 371. The standard InChI is InChI=1S/C7H10N2O2S3/c1-3(2)4(5(10)11)13-7-9-8-6(12)14-7/h3-4H,1-2H3,(H,8,12)(H,10,11). The Labute approximate surface area is 94.7 Å². The fourth-order valence-electron chi connectivity index (χ4n) is 0.847. The molecule has 1 heterocycles. The molecule has 0 aliphatic heterocycles. The summed E-state index contributed by atoms with van der Waals surface area (Å²) in [4.78, 5) is 10.9. The average molecular weight is 250 g/mol. The van der Waals surface area contributed by atoms with Crippen molar-refractivity contribution in [3.8, 4) is 0 Å². The minimum atomic E-state index is -0.814. The highest BCUT2D eigenvalue weighted by Crippen LogP contribution is 2.29. The van der Waals surface area contributed by atoms with Crippen LogP contribution in [0, 0.1) is 9.87 Å². The summed E-state index contributed by atoms with van der Waals surface area (Å²) in [5.74, 6) is -0.749. The van der Waals surface area contributed by atoms with E-state index >= 15 is 0 Å². The van der Waals surface area contributed by atoms with Crippen LogP contribution in [0.15, 0.2) is 4.34 Å². The van der Waals surface area contributed by atoms with Crippen LogP contribution in [-0.2, 0) is 4.79 Å². The predicted octanol–water partition coefficient (Wildman–Crippen LogP) is 2.40. The van der Waals surface area contributed by atoms with E-state index in [-0.39, 0.29) is 5.92 Å². The van der Waals surface area contributed by atoms with Crippen molar-refractivity contribution in [2.24, 2.45) is 5.92 Å². The Hall–Kier alpha value is -0.400. The molecule has 0 spiro atoms. The van der Waals surface area contributed by atoms with Crippen molar-refractivity contribution in [2.45, 2.75) is 23.4 Å². The van der Waals surface area contributed by atoms with E-state index < -0.39 is 11.2 Å². The number of aromatic amines is 1. The summed E-state index contributed by atoms with van der Waals surface area (Å²) >= 11 is 7.39. The molecule has 0 aliphatic rings. The molecular formula is C7H10N2O2S3.